The lowest BCUT2D eigenvalue weighted by Gasteiger charge is -2.25. The fraction of sp³-hybridized carbons (Fsp3) is 0.421. The minimum Gasteiger partial charge on any atom is -0.326 e. The van der Waals surface area contributed by atoms with Gasteiger partial charge in [-0.15, -0.1) is 0 Å². The minimum atomic E-state index is -5.02. The predicted octanol–water partition coefficient (Wildman–Crippen LogP) is 4.51. The SMILES string of the molecule is CCc1c(C)nc2n(c1=O)CC(C(=O)Nc1cc(C(F)(F)F)cc(C(F)(F)F)c1)CS2. The third-order valence-electron chi connectivity index (χ3n) is 4.83. The number of carbonyl (C=O) groups excluding carboxylic acids is 1. The van der Waals surface area contributed by atoms with E-state index in [1.807, 2.05) is 0 Å². The molecule has 0 aliphatic carbocycles. The number of hydrogen-bond acceptors (Lipinski definition) is 4. The van der Waals surface area contributed by atoms with E-state index in [-0.39, 0.29) is 23.9 Å². The summed E-state index contributed by atoms with van der Waals surface area (Å²) < 4.78 is 79.4. The maximum atomic E-state index is 13.0. The smallest absolute Gasteiger partial charge is 0.326 e. The molecule has 0 fully saturated rings. The van der Waals surface area contributed by atoms with Crippen LogP contribution < -0.4 is 10.9 Å². The van der Waals surface area contributed by atoms with Crippen LogP contribution in [0.5, 0.6) is 0 Å². The Morgan fingerprint density at radius 2 is 1.74 bits per heavy atom. The zero-order valence-corrected chi connectivity index (χ0v) is 17.1. The van der Waals surface area contributed by atoms with Crippen molar-refractivity contribution < 1.29 is 31.1 Å². The molecule has 2 aromatic rings. The molecule has 0 radical (unpaired) electrons. The quantitative estimate of drug-likeness (QED) is 0.535. The van der Waals surface area contributed by atoms with Crippen molar-refractivity contribution in [3.8, 4) is 0 Å². The fourth-order valence-electron chi connectivity index (χ4n) is 3.23. The van der Waals surface area contributed by atoms with Crippen LogP contribution in [0.3, 0.4) is 0 Å². The van der Waals surface area contributed by atoms with Crippen molar-refractivity contribution >= 4 is 23.4 Å². The Labute approximate surface area is 176 Å². The van der Waals surface area contributed by atoms with Gasteiger partial charge in [0.05, 0.1) is 17.0 Å². The van der Waals surface area contributed by atoms with E-state index in [0.717, 1.165) is 11.8 Å². The number of nitrogens with zero attached hydrogens (tertiary/aromatic N) is 2. The largest absolute Gasteiger partial charge is 0.416 e. The lowest BCUT2D eigenvalue weighted by atomic mass is 10.1. The average Bonchev–Trinajstić information content (AvgIpc) is 2.66. The molecule has 1 aliphatic heterocycles. The number of halogens is 6. The molecular formula is C19H17F6N3O2S. The standard InChI is InChI=1S/C19H17F6N3O2S/c1-3-14-9(2)26-17-28(16(14)30)7-10(8-31-17)15(29)27-13-5-11(18(20,21)22)4-12(6-13)19(23,24)25/h4-6,10H,3,7-8H2,1-2H3,(H,27,29). The molecule has 12 heteroatoms. The van der Waals surface area contributed by atoms with Crippen molar-refractivity contribution in [2.24, 2.45) is 5.92 Å². The third-order valence-corrected chi connectivity index (χ3v) is 5.97. The first-order valence-electron chi connectivity index (χ1n) is 9.14. The van der Waals surface area contributed by atoms with Crippen LogP contribution in [0.2, 0.25) is 0 Å². The third kappa shape index (κ3) is 4.89. The number of nitrogens with one attached hydrogen (secondary N) is 1. The highest BCUT2D eigenvalue weighted by atomic mass is 32.2. The first-order valence-corrected chi connectivity index (χ1v) is 10.1. The van der Waals surface area contributed by atoms with E-state index in [1.54, 1.807) is 13.8 Å². The zero-order valence-electron chi connectivity index (χ0n) is 16.3. The highest BCUT2D eigenvalue weighted by Crippen LogP contribution is 2.38. The first kappa shape index (κ1) is 23.2. The molecule has 0 spiro atoms. The van der Waals surface area contributed by atoms with Crippen LogP contribution in [-0.4, -0.2) is 21.2 Å². The Balaban J connectivity index is 1.89. The van der Waals surface area contributed by atoms with Crippen LogP contribution in [0.15, 0.2) is 28.2 Å². The normalized spacial score (nSPS) is 16.7. The van der Waals surface area contributed by atoms with Crippen molar-refractivity contribution in [1.82, 2.24) is 9.55 Å². The second-order valence-corrected chi connectivity index (χ2v) is 8.01. The predicted molar refractivity (Wildman–Crippen MR) is 102 cm³/mol. The molecule has 31 heavy (non-hydrogen) atoms. The number of hydrogen-bond donors (Lipinski definition) is 1. The molecule has 1 aromatic carbocycles. The molecule has 5 nitrogen and oxygen atoms in total. The molecule has 168 valence electrons. The van der Waals surface area contributed by atoms with Gasteiger partial charge in [0, 0.05) is 29.2 Å². The van der Waals surface area contributed by atoms with E-state index in [0.29, 0.717) is 35.0 Å². The van der Waals surface area contributed by atoms with E-state index in [9.17, 15) is 35.9 Å². The number of carbonyl (C=O) groups is 1. The summed E-state index contributed by atoms with van der Waals surface area (Å²) >= 11 is 1.13. The molecule has 0 bridgehead atoms. The summed E-state index contributed by atoms with van der Waals surface area (Å²) in [5, 5.41) is 2.56. The number of rotatable bonds is 3. The van der Waals surface area contributed by atoms with Crippen LogP contribution in [0.1, 0.15) is 29.3 Å². The number of amides is 1. The number of alkyl halides is 6. The van der Waals surface area contributed by atoms with E-state index in [2.05, 4.69) is 10.3 Å². The van der Waals surface area contributed by atoms with Crippen LogP contribution in [-0.2, 0) is 30.1 Å². The lowest BCUT2D eigenvalue weighted by molar-refractivity contribution is -0.143. The molecule has 1 aliphatic rings. The Hall–Kier alpha value is -2.50. The molecule has 1 aromatic heterocycles. The second-order valence-electron chi connectivity index (χ2n) is 7.02. The molecule has 0 saturated heterocycles. The number of aromatic nitrogens is 2. The summed E-state index contributed by atoms with van der Waals surface area (Å²) in [6, 6.07) is 0.884. The fourth-order valence-corrected chi connectivity index (χ4v) is 4.35. The summed E-state index contributed by atoms with van der Waals surface area (Å²) in [5.74, 6) is -1.45. The van der Waals surface area contributed by atoms with Crippen molar-refractivity contribution in [3.63, 3.8) is 0 Å². The number of fused-ring (bicyclic) bond motifs is 1. The van der Waals surface area contributed by atoms with Crippen LogP contribution in [0.4, 0.5) is 32.0 Å². The van der Waals surface area contributed by atoms with Crippen molar-refractivity contribution in [1.29, 1.82) is 0 Å². The Morgan fingerprint density at radius 3 is 2.26 bits per heavy atom. The maximum absolute atomic E-state index is 13.0. The number of anilines is 1. The molecule has 3 rings (SSSR count). The van der Waals surface area contributed by atoms with Crippen molar-refractivity contribution in [2.75, 3.05) is 11.1 Å². The topological polar surface area (TPSA) is 64.0 Å². The second kappa shape index (κ2) is 8.21. The lowest BCUT2D eigenvalue weighted by Crippen LogP contribution is -2.38. The number of benzene rings is 1. The molecular weight excluding hydrogens is 448 g/mol. The van der Waals surface area contributed by atoms with Gasteiger partial charge in [0.1, 0.15) is 0 Å². The van der Waals surface area contributed by atoms with E-state index < -0.39 is 41.0 Å². The van der Waals surface area contributed by atoms with Gasteiger partial charge >= 0.3 is 12.4 Å². The molecule has 1 unspecified atom stereocenters. The Bertz CT molecular complexity index is 1050. The van der Waals surface area contributed by atoms with E-state index >= 15 is 0 Å². The molecule has 1 atom stereocenters. The van der Waals surface area contributed by atoms with Gasteiger partial charge in [-0.05, 0) is 31.5 Å². The van der Waals surface area contributed by atoms with Gasteiger partial charge in [-0.25, -0.2) is 4.98 Å². The van der Waals surface area contributed by atoms with Gasteiger partial charge in [0.25, 0.3) is 5.56 Å². The molecule has 2 heterocycles. The van der Waals surface area contributed by atoms with E-state index in [4.69, 9.17) is 0 Å². The van der Waals surface area contributed by atoms with Gasteiger partial charge in [-0.1, -0.05) is 18.7 Å². The Morgan fingerprint density at radius 1 is 1.16 bits per heavy atom. The maximum Gasteiger partial charge on any atom is 0.416 e. The molecule has 1 amide bonds. The van der Waals surface area contributed by atoms with Gasteiger partial charge in [0.2, 0.25) is 5.91 Å². The van der Waals surface area contributed by atoms with Crippen LogP contribution in [0, 0.1) is 12.8 Å². The summed E-state index contributed by atoms with van der Waals surface area (Å²) in [7, 11) is 0. The van der Waals surface area contributed by atoms with E-state index in [1.165, 1.54) is 4.57 Å². The zero-order chi connectivity index (χ0) is 23.1. The summed E-state index contributed by atoms with van der Waals surface area (Å²) in [5.41, 5.74) is -2.91. The average molecular weight is 465 g/mol. The number of thioether (sulfide) groups is 1. The minimum absolute atomic E-state index is 0.0117. The first-order chi connectivity index (χ1) is 14.3. The monoisotopic (exact) mass is 465 g/mol. The summed E-state index contributed by atoms with van der Waals surface area (Å²) in [4.78, 5) is 29.6. The number of aryl methyl sites for hydroxylation is 1. The van der Waals surface area contributed by atoms with Crippen molar-refractivity contribution in [2.45, 2.75) is 44.3 Å². The van der Waals surface area contributed by atoms with Crippen molar-refractivity contribution in [3.05, 3.63) is 50.9 Å². The Kier molecular flexibility index (Phi) is 6.14. The van der Waals surface area contributed by atoms with Gasteiger partial charge < -0.3 is 5.32 Å². The van der Waals surface area contributed by atoms with Gasteiger partial charge in [-0.2, -0.15) is 26.3 Å². The highest BCUT2D eigenvalue weighted by molar-refractivity contribution is 7.99. The summed E-state index contributed by atoms with van der Waals surface area (Å²) in [6.45, 7) is 3.41. The highest BCUT2D eigenvalue weighted by Gasteiger charge is 2.37. The van der Waals surface area contributed by atoms with Gasteiger partial charge in [0.15, 0.2) is 5.16 Å². The molecule has 0 saturated carbocycles. The summed E-state index contributed by atoms with van der Waals surface area (Å²) in [6.07, 6.45) is -9.61. The van der Waals surface area contributed by atoms with Crippen LogP contribution >= 0.6 is 11.8 Å². The van der Waals surface area contributed by atoms with Crippen LogP contribution in [0.25, 0.3) is 0 Å². The van der Waals surface area contributed by atoms with Gasteiger partial charge in [-0.3, -0.25) is 14.2 Å². The molecule has 1 N–H and O–H groups in total.